The normalized spacial score (nSPS) is 16.0. The number of benzene rings is 3. The van der Waals surface area contributed by atoms with Gasteiger partial charge in [-0.15, -0.1) is 0 Å². The zero-order valence-electron chi connectivity index (χ0n) is 18.8. The third-order valence-corrected chi connectivity index (χ3v) is 6.27. The standard InChI is InChI=1S/C27H23FN4OS/c1-17-11-13-20(14-12-17)24-23(26-30-25(31-33-26)21-9-6-10-22(28)15-21)18(2)32(27(34)29-24)16-19-7-4-3-5-8-19/h3-15,24H,16H2,1-2H3,(H,29,34). The Bertz CT molecular complexity index is 1360. The minimum Gasteiger partial charge on any atom is -0.351 e. The first kappa shape index (κ1) is 22.0. The minimum atomic E-state index is -0.351. The van der Waals surface area contributed by atoms with Crippen LogP contribution in [-0.4, -0.2) is 20.2 Å². The molecule has 5 rings (SSSR count). The summed E-state index contributed by atoms with van der Waals surface area (Å²) in [6, 6.07) is 24.3. The zero-order chi connectivity index (χ0) is 23.7. The van der Waals surface area contributed by atoms with Crippen molar-refractivity contribution in [3.63, 3.8) is 0 Å². The van der Waals surface area contributed by atoms with E-state index in [1.165, 1.54) is 17.7 Å². The van der Waals surface area contributed by atoms with Crippen molar-refractivity contribution in [3.05, 3.63) is 113 Å². The van der Waals surface area contributed by atoms with E-state index in [-0.39, 0.29) is 11.9 Å². The van der Waals surface area contributed by atoms with Crippen LogP contribution >= 0.6 is 12.2 Å². The summed E-state index contributed by atoms with van der Waals surface area (Å²) in [5.41, 5.74) is 5.65. The number of hydrogen-bond acceptors (Lipinski definition) is 4. The Labute approximate surface area is 202 Å². The molecular weight excluding hydrogens is 447 g/mol. The molecular formula is C27H23FN4OS. The van der Waals surface area contributed by atoms with Gasteiger partial charge < -0.3 is 14.7 Å². The topological polar surface area (TPSA) is 54.2 Å². The van der Waals surface area contributed by atoms with Gasteiger partial charge in [-0.2, -0.15) is 4.98 Å². The molecule has 2 heterocycles. The van der Waals surface area contributed by atoms with Crippen molar-refractivity contribution in [1.82, 2.24) is 20.4 Å². The van der Waals surface area contributed by atoms with Crippen molar-refractivity contribution in [1.29, 1.82) is 0 Å². The van der Waals surface area contributed by atoms with E-state index in [9.17, 15) is 4.39 Å². The largest absolute Gasteiger partial charge is 0.351 e. The highest BCUT2D eigenvalue weighted by Gasteiger charge is 2.34. The highest BCUT2D eigenvalue weighted by molar-refractivity contribution is 7.80. The van der Waals surface area contributed by atoms with E-state index in [0.29, 0.717) is 28.9 Å². The maximum absolute atomic E-state index is 13.8. The molecule has 7 heteroatoms. The summed E-state index contributed by atoms with van der Waals surface area (Å²) in [5, 5.41) is 8.24. The van der Waals surface area contributed by atoms with Gasteiger partial charge >= 0.3 is 0 Å². The Morgan fingerprint density at radius 2 is 1.76 bits per heavy atom. The van der Waals surface area contributed by atoms with E-state index in [0.717, 1.165) is 22.4 Å². The number of aryl methyl sites for hydroxylation is 1. The monoisotopic (exact) mass is 470 g/mol. The van der Waals surface area contributed by atoms with Crippen molar-refractivity contribution >= 4 is 22.9 Å². The number of hydrogen-bond donors (Lipinski definition) is 1. The maximum atomic E-state index is 13.8. The van der Waals surface area contributed by atoms with Crippen molar-refractivity contribution in [2.24, 2.45) is 0 Å². The molecule has 1 aromatic heterocycles. The van der Waals surface area contributed by atoms with Crippen molar-refractivity contribution in [2.75, 3.05) is 0 Å². The van der Waals surface area contributed by atoms with Crippen molar-refractivity contribution in [2.45, 2.75) is 26.4 Å². The number of aromatic nitrogens is 2. The molecule has 0 aliphatic carbocycles. The molecule has 4 aromatic rings. The van der Waals surface area contributed by atoms with Crippen LogP contribution in [0.15, 0.2) is 89.1 Å². The molecule has 0 radical (unpaired) electrons. The van der Waals surface area contributed by atoms with Crippen LogP contribution in [0.3, 0.4) is 0 Å². The molecule has 0 spiro atoms. The van der Waals surface area contributed by atoms with E-state index in [1.54, 1.807) is 12.1 Å². The molecule has 1 N–H and O–H groups in total. The fourth-order valence-corrected chi connectivity index (χ4v) is 4.42. The first-order valence-electron chi connectivity index (χ1n) is 11.0. The zero-order valence-corrected chi connectivity index (χ0v) is 19.6. The van der Waals surface area contributed by atoms with Gasteiger partial charge in [-0.3, -0.25) is 0 Å². The molecule has 5 nitrogen and oxygen atoms in total. The van der Waals surface area contributed by atoms with Gasteiger partial charge in [0.05, 0.1) is 11.6 Å². The lowest BCUT2D eigenvalue weighted by atomic mass is 9.94. The molecule has 1 unspecified atom stereocenters. The Morgan fingerprint density at radius 1 is 1.00 bits per heavy atom. The van der Waals surface area contributed by atoms with Gasteiger partial charge in [0, 0.05) is 17.8 Å². The second-order valence-electron chi connectivity index (χ2n) is 8.30. The Hall–Kier alpha value is -3.84. The third-order valence-electron chi connectivity index (χ3n) is 5.93. The number of nitrogens with zero attached hydrogens (tertiary/aromatic N) is 3. The van der Waals surface area contributed by atoms with Crippen LogP contribution in [0.1, 0.15) is 35.5 Å². The lowest BCUT2D eigenvalue weighted by Crippen LogP contribution is -2.45. The quantitative estimate of drug-likeness (QED) is 0.359. The molecule has 1 aliphatic heterocycles. The van der Waals surface area contributed by atoms with Crippen LogP contribution < -0.4 is 5.32 Å². The first-order valence-corrected chi connectivity index (χ1v) is 11.4. The van der Waals surface area contributed by atoms with Gasteiger partial charge in [-0.1, -0.05) is 77.5 Å². The molecule has 3 aromatic carbocycles. The van der Waals surface area contributed by atoms with E-state index >= 15 is 0 Å². The number of rotatable bonds is 5. The summed E-state index contributed by atoms with van der Waals surface area (Å²) in [6.45, 7) is 4.67. The molecule has 1 aliphatic rings. The number of halogens is 1. The van der Waals surface area contributed by atoms with Crippen LogP contribution in [-0.2, 0) is 6.54 Å². The second kappa shape index (κ2) is 9.19. The summed E-state index contributed by atoms with van der Waals surface area (Å²) >= 11 is 5.78. The molecule has 0 fully saturated rings. The molecule has 0 saturated heterocycles. The number of nitrogens with one attached hydrogen (secondary N) is 1. The molecule has 0 amide bonds. The lowest BCUT2D eigenvalue weighted by Gasteiger charge is -2.37. The van der Waals surface area contributed by atoms with E-state index < -0.39 is 0 Å². The van der Waals surface area contributed by atoms with E-state index in [2.05, 4.69) is 58.8 Å². The average molecular weight is 471 g/mol. The van der Waals surface area contributed by atoms with Gasteiger partial charge in [-0.05, 0) is 49.3 Å². The predicted octanol–water partition coefficient (Wildman–Crippen LogP) is 6.05. The molecule has 34 heavy (non-hydrogen) atoms. The van der Waals surface area contributed by atoms with Crippen LogP contribution in [0.4, 0.5) is 4.39 Å². The fourth-order valence-electron chi connectivity index (χ4n) is 4.10. The lowest BCUT2D eigenvalue weighted by molar-refractivity contribution is 0.396. The molecule has 0 bridgehead atoms. The van der Waals surface area contributed by atoms with Crippen molar-refractivity contribution < 1.29 is 8.91 Å². The SMILES string of the molecule is CC1=C(c2nc(-c3cccc(F)c3)no2)C(c2ccc(C)cc2)NC(=S)N1Cc1ccccc1. The van der Waals surface area contributed by atoms with E-state index in [1.807, 2.05) is 30.0 Å². The minimum absolute atomic E-state index is 0.263. The predicted molar refractivity (Wildman–Crippen MR) is 134 cm³/mol. The van der Waals surface area contributed by atoms with Gasteiger partial charge in [0.2, 0.25) is 5.82 Å². The highest BCUT2D eigenvalue weighted by atomic mass is 32.1. The highest BCUT2D eigenvalue weighted by Crippen LogP contribution is 2.38. The second-order valence-corrected chi connectivity index (χ2v) is 8.68. The van der Waals surface area contributed by atoms with Gasteiger partial charge in [0.1, 0.15) is 5.82 Å². The summed E-state index contributed by atoms with van der Waals surface area (Å²) in [5.74, 6) is 0.353. The fraction of sp³-hybridized carbons (Fsp3) is 0.148. The van der Waals surface area contributed by atoms with Gasteiger partial charge in [0.25, 0.3) is 5.89 Å². The average Bonchev–Trinajstić information content (AvgIpc) is 3.32. The smallest absolute Gasteiger partial charge is 0.258 e. The summed E-state index contributed by atoms with van der Waals surface area (Å²) in [6.07, 6.45) is 0. The first-order chi connectivity index (χ1) is 16.5. The third kappa shape index (κ3) is 4.34. The Balaban J connectivity index is 1.60. The summed E-state index contributed by atoms with van der Waals surface area (Å²) < 4.78 is 19.5. The Morgan fingerprint density at radius 3 is 2.50 bits per heavy atom. The Kier molecular flexibility index (Phi) is 5.94. The number of thiocarbonyl (C=S) groups is 1. The molecule has 170 valence electrons. The van der Waals surface area contributed by atoms with Gasteiger partial charge in [0.15, 0.2) is 5.11 Å². The van der Waals surface area contributed by atoms with Crippen LogP contribution in [0, 0.1) is 12.7 Å². The van der Waals surface area contributed by atoms with Crippen LogP contribution in [0.25, 0.3) is 17.0 Å². The van der Waals surface area contributed by atoms with Crippen LogP contribution in [0.2, 0.25) is 0 Å². The summed E-state index contributed by atoms with van der Waals surface area (Å²) in [4.78, 5) is 6.68. The molecule has 1 atom stereocenters. The summed E-state index contributed by atoms with van der Waals surface area (Å²) in [7, 11) is 0. The maximum Gasteiger partial charge on any atom is 0.258 e. The van der Waals surface area contributed by atoms with E-state index in [4.69, 9.17) is 16.7 Å². The van der Waals surface area contributed by atoms with Crippen molar-refractivity contribution in [3.8, 4) is 11.4 Å². The molecule has 0 saturated carbocycles. The van der Waals surface area contributed by atoms with Gasteiger partial charge in [-0.25, -0.2) is 4.39 Å². The van der Waals surface area contributed by atoms with Crippen LogP contribution in [0.5, 0.6) is 0 Å². The number of allylic oxidation sites excluding steroid dienone is 1.